The lowest BCUT2D eigenvalue weighted by molar-refractivity contribution is -0.126. The zero-order valence-electron chi connectivity index (χ0n) is 13.5. The van der Waals surface area contributed by atoms with E-state index in [9.17, 15) is 14.7 Å². The molecule has 0 aromatic heterocycles. The van der Waals surface area contributed by atoms with E-state index in [1.165, 1.54) is 6.42 Å². The molecule has 3 N–H and O–H groups in total. The Morgan fingerprint density at radius 1 is 1.13 bits per heavy atom. The SMILES string of the molecule is O=C(CCNC(=O)C1CCCCC1)NC(CO)c1ccccc1. The zero-order valence-corrected chi connectivity index (χ0v) is 13.5. The van der Waals surface area contributed by atoms with Gasteiger partial charge in [-0.3, -0.25) is 9.59 Å². The largest absolute Gasteiger partial charge is 0.394 e. The van der Waals surface area contributed by atoms with Crippen LogP contribution in [0.25, 0.3) is 0 Å². The van der Waals surface area contributed by atoms with Crippen LogP contribution in [0.3, 0.4) is 0 Å². The highest BCUT2D eigenvalue weighted by atomic mass is 16.3. The molecule has 1 atom stereocenters. The topological polar surface area (TPSA) is 78.4 Å². The second-order valence-corrected chi connectivity index (χ2v) is 6.09. The van der Waals surface area contributed by atoms with Crippen LogP contribution in [0.2, 0.25) is 0 Å². The Balaban J connectivity index is 1.70. The third-order valence-electron chi connectivity index (χ3n) is 4.35. The molecule has 2 rings (SSSR count). The van der Waals surface area contributed by atoms with Gasteiger partial charge in [-0.25, -0.2) is 0 Å². The first kappa shape index (κ1) is 17.5. The molecule has 0 heterocycles. The van der Waals surface area contributed by atoms with E-state index in [0.717, 1.165) is 31.2 Å². The molecule has 1 aliphatic carbocycles. The van der Waals surface area contributed by atoms with Gasteiger partial charge < -0.3 is 15.7 Å². The quantitative estimate of drug-likeness (QED) is 0.719. The van der Waals surface area contributed by atoms with Crippen LogP contribution in [0.5, 0.6) is 0 Å². The van der Waals surface area contributed by atoms with Crippen molar-refractivity contribution in [1.29, 1.82) is 0 Å². The minimum absolute atomic E-state index is 0.0688. The molecule has 126 valence electrons. The maximum absolute atomic E-state index is 12.0. The molecule has 5 nitrogen and oxygen atoms in total. The molecule has 1 saturated carbocycles. The van der Waals surface area contributed by atoms with Crippen molar-refractivity contribution >= 4 is 11.8 Å². The molecule has 1 unspecified atom stereocenters. The summed E-state index contributed by atoms with van der Waals surface area (Å²) >= 11 is 0. The molecule has 0 aliphatic heterocycles. The number of aliphatic hydroxyl groups is 1. The van der Waals surface area contributed by atoms with Crippen molar-refractivity contribution in [3.05, 3.63) is 35.9 Å². The zero-order chi connectivity index (χ0) is 16.5. The standard InChI is InChI=1S/C18H26N2O3/c21-13-16(14-7-3-1-4-8-14)20-17(22)11-12-19-18(23)15-9-5-2-6-10-15/h1,3-4,7-8,15-16,21H,2,5-6,9-13H2,(H,19,23)(H,20,22). The van der Waals surface area contributed by atoms with Crippen LogP contribution < -0.4 is 10.6 Å². The number of carbonyl (C=O) groups is 2. The van der Waals surface area contributed by atoms with Crippen molar-refractivity contribution in [3.63, 3.8) is 0 Å². The third kappa shape index (κ3) is 5.67. The molecule has 0 radical (unpaired) electrons. The Kier molecular flexibility index (Phi) is 7.07. The van der Waals surface area contributed by atoms with E-state index >= 15 is 0 Å². The predicted octanol–water partition coefficient (Wildman–Crippen LogP) is 1.92. The van der Waals surface area contributed by atoms with Gasteiger partial charge in [-0.1, -0.05) is 49.6 Å². The van der Waals surface area contributed by atoms with Gasteiger partial charge in [-0.05, 0) is 18.4 Å². The Hall–Kier alpha value is -1.88. The number of hydrogen-bond donors (Lipinski definition) is 3. The van der Waals surface area contributed by atoms with Crippen molar-refractivity contribution < 1.29 is 14.7 Å². The lowest BCUT2D eigenvalue weighted by Gasteiger charge is -2.21. The van der Waals surface area contributed by atoms with Gasteiger partial charge in [-0.15, -0.1) is 0 Å². The monoisotopic (exact) mass is 318 g/mol. The van der Waals surface area contributed by atoms with E-state index in [-0.39, 0.29) is 30.8 Å². The van der Waals surface area contributed by atoms with Crippen LogP contribution in [0.15, 0.2) is 30.3 Å². The van der Waals surface area contributed by atoms with Crippen molar-refractivity contribution in [2.75, 3.05) is 13.2 Å². The summed E-state index contributed by atoms with van der Waals surface area (Å²) in [5.41, 5.74) is 0.870. The van der Waals surface area contributed by atoms with Crippen LogP contribution in [-0.2, 0) is 9.59 Å². The first-order valence-corrected chi connectivity index (χ1v) is 8.43. The number of rotatable bonds is 7. The minimum atomic E-state index is -0.405. The number of amides is 2. The average molecular weight is 318 g/mol. The van der Waals surface area contributed by atoms with Gasteiger partial charge in [0.2, 0.25) is 11.8 Å². The van der Waals surface area contributed by atoms with Gasteiger partial charge in [0.05, 0.1) is 12.6 Å². The third-order valence-corrected chi connectivity index (χ3v) is 4.35. The van der Waals surface area contributed by atoms with Crippen molar-refractivity contribution in [2.24, 2.45) is 5.92 Å². The molecule has 0 spiro atoms. The molecule has 1 aromatic rings. The summed E-state index contributed by atoms with van der Waals surface area (Å²) < 4.78 is 0. The normalized spacial score (nSPS) is 16.6. The first-order chi connectivity index (χ1) is 11.2. The van der Waals surface area contributed by atoms with Gasteiger partial charge in [0.15, 0.2) is 0 Å². The number of carbonyl (C=O) groups excluding carboxylic acids is 2. The van der Waals surface area contributed by atoms with E-state index < -0.39 is 6.04 Å². The Morgan fingerprint density at radius 3 is 2.48 bits per heavy atom. The van der Waals surface area contributed by atoms with Gasteiger partial charge in [0, 0.05) is 18.9 Å². The first-order valence-electron chi connectivity index (χ1n) is 8.43. The molecule has 1 aliphatic rings. The summed E-state index contributed by atoms with van der Waals surface area (Å²) in [7, 11) is 0. The van der Waals surface area contributed by atoms with Gasteiger partial charge in [-0.2, -0.15) is 0 Å². The maximum Gasteiger partial charge on any atom is 0.223 e. The van der Waals surface area contributed by atoms with Crippen LogP contribution >= 0.6 is 0 Å². The number of benzene rings is 1. The molecule has 0 saturated heterocycles. The second-order valence-electron chi connectivity index (χ2n) is 6.09. The molecule has 1 aromatic carbocycles. The van der Waals surface area contributed by atoms with E-state index in [1.54, 1.807) is 0 Å². The lowest BCUT2D eigenvalue weighted by atomic mass is 9.89. The highest BCUT2D eigenvalue weighted by Gasteiger charge is 2.21. The summed E-state index contributed by atoms with van der Waals surface area (Å²) in [4.78, 5) is 24.0. The molecular formula is C18H26N2O3. The molecule has 5 heteroatoms. The summed E-state index contributed by atoms with van der Waals surface area (Å²) in [6.45, 7) is 0.193. The number of aliphatic hydroxyl groups excluding tert-OH is 1. The minimum Gasteiger partial charge on any atom is -0.394 e. The molecule has 23 heavy (non-hydrogen) atoms. The highest BCUT2D eigenvalue weighted by molar-refractivity contribution is 5.80. The lowest BCUT2D eigenvalue weighted by Crippen LogP contribution is -2.36. The van der Waals surface area contributed by atoms with Crippen LogP contribution in [0.1, 0.15) is 50.1 Å². The fraction of sp³-hybridized carbons (Fsp3) is 0.556. The van der Waals surface area contributed by atoms with E-state index in [1.807, 2.05) is 30.3 Å². The fourth-order valence-electron chi connectivity index (χ4n) is 2.99. The van der Waals surface area contributed by atoms with Crippen molar-refractivity contribution in [3.8, 4) is 0 Å². The van der Waals surface area contributed by atoms with Crippen molar-refractivity contribution in [2.45, 2.75) is 44.6 Å². The van der Waals surface area contributed by atoms with Crippen molar-refractivity contribution in [1.82, 2.24) is 10.6 Å². The molecule has 1 fully saturated rings. The number of hydrogen-bond acceptors (Lipinski definition) is 3. The van der Waals surface area contributed by atoms with E-state index in [4.69, 9.17) is 0 Å². The Bertz CT molecular complexity index is 498. The fourth-order valence-corrected chi connectivity index (χ4v) is 2.99. The summed E-state index contributed by atoms with van der Waals surface area (Å²) in [5, 5.41) is 15.1. The van der Waals surface area contributed by atoms with Crippen LogP contribution in [0, 0.1) is 5.92 Å². The summed E-state index contributed by atoms with van der Waals surface area (Å²) in [5.74, 6) is 0.0115. The van der Waals surface area contributed by atoms with E-state index in [2.05, 4.69) is 10.6 Å². The van der Waals surface area contributed by atoms with Gasteiger partial charge in [0.1, 0.15) is 0 Å². The Morgan fingerprint density at radius 2 is 1.83 bits per heavy atom. The number of nitrogens with one attached hydrogen (secondary N) is 2. The van der Waals surface area contributed by atoms with Crippen LogP contribution in [-0.4, -0.2) is 30.1 Å². The van der Waals surface area contributed by atoms with Gasteiger partial charge >= 0.3 is 0 Å². The van der Waals surface area contributed by atoms with E-state index in [0.29, 0.717) is 6.54 Å². The summed E-state index contributed by atoms with van der Waals surface area (Å²) in [6, 6.07) is 8.96. The molecule has 0 bridgehead atoms. The predicted molar refractivity (Wildman–Crippen MR) is 88.6 cm³/mol. The highest BCUT2D eigenvalue weighted by Crippen LogP contribution is 2.23. The molecule has 2 amide bonds. The average Bonchev–Trinajstić information content (AvgIpc) is 2.61. The summed E-state index contributed by atoms with van der Waals surface area (Å²) in [6.07, 6.45) is 5.59. The smallest absolute Gasteiger partial charge is 0.223 e. The second kappa shape index (κ2) is 9.30. The maximum atomic E-state index is 12.0. The van der Waals surface area contributed by atoms with Gasteiger partial charge in [0.25, 0.3) is 0 Å². The van der Waals surface area contributed by atoms with Crippen LogP contribution in [0.4, 0.5) is 0 Å². The Labute approximate surface area is 137 Å². The molecular weight excluding hydrogens is 292 g/mol.